The average Bonchev–Trinajstić information content (AvgIpc) is 2.68. The molecule has 0 saturated carbocycles. The Kier molecular flexibility index (Phi) is 5.83. The summed E-state index contributed by atoms with van der Waals surface area (Å²) in [5, 5.41) is 6.85. The van der Waals surface area contributed by atoms with E-state index in [0.29, 0.717) is 40.3 Å². The monoisotopic (exact) mass is 383 g/mol. The zero-order valence-corrected chi connectivity index (χ0v) is 15.6. The van der Waals surface area contributed by atoms with Crippen LogP contribution in [0.2, 0.25) is 5.02 Å². The topological polar surface area (TPSA) is 89.0 Å². The Bertz CT molecular complexity index is 950. The molecule has 0 fully saturated rings. The molecular weight excluding hydrogens is 366 g/mol. The molecule has 3 rings (SSSR count). The van der Waals surface area contributed by atoms with Gasteiger partial charge in [-0.3, -0.25) is 4.98 Å². The van der Waals surface area contributed by atoms with E-state index in [1.165, 1.54) is 7.11 Å². The quantitative estimate of drug-likeness (QED) is 0.622. The molecule has 0 aliphatic heterocycles. The summed E-state index contributed by atoms with van der Waals surface area (Å²) in [5.41, 5.74) is 2.04. The minimum absolute atomic E-state index is 0.395. The largest absolute Gasteiger partial charge is 0.465 e. The van der Waals surface area contributed by atoms with Crippen LogP contribution in [0.5, 0.6) is 0 Å². The third-order valence-corrected chi connectivity index (χ3v) is 4.04. The number of carbonyl (C=O) groups excluding carboxylic acids is 1. The summed E-state index contributed by atoms with van der Waals surface area (Å²) in [4.78, 5) is 24.5. The van der Waals surface area contributed by atoms with Crippen molar-refractivity contribution < 1.29 is 9.53 Å². The first-order valence-corrected chi connectivity index (χ1v) is 8.56. The second-order valence-corrected chi connectivity index (χ2v) is 6.11. The third kappa shape index (κ3) is 4.92. The van der Waals surface area contributed by atoms with Gasteiger partial charge in [-0.1, -0.05) is 11.6 Å². The third-order valence-electron chi connectivity index (χ3n) is 3.71. The molecule has 2 N–H and O–H groups in total. The van der Waals surface area contributed by atoms with E-state index >= 15 is 0 Å². The van der Waals surface area contributed by atoms with Crippen molar-refractivity contribution in [2.75, 3.05) is 17.7 Å². The predicted octanol–water partition coefficient (Wildman–Crippen LogP) is 3.98. The number of hydrogen-bond acceptors (Lipinski definition) is 7. The van der Waals surface area contributed by atoms with E-state index in [0.717, 1.165) is 5.56 Å². The SMILES string of the molecule is COC(=O)c1ccc(Cl)c(Nc2cc(NCc3ccncc3)nc(C)n2)c1. The second-order valence-electron chi connectivity index (χ2n) is 5.71. The number of hydrogen-bond donors (Lipinski definition) is 2. The number of nitrogens with one attached hydrogen (secondary N) is 2. The number of halogens is 1. The second kappa shape index (κ2) is 8.46. The fourth-order valence-corrected chi connectivity index (χ4v) is 2.58. The fourth-order valence-electron chi connectivity index (χ4n) is 2.42. The lowest BCUT2D eigenvalue weighted by Gasteiger charge is -2.12. The molecule has 0 atom stereocenters. The fraction of sp³-hybridized carbons (Fsp3) is 0.158. The molecule has 0 amide bonds. The number of nitrogens with zero attached hydrogens (tertiary/aromatic N) is 3. The van der Waals surface area contributed by atoms with Crippen molar-refractivity contribution in [1.29, 1.82) is 0 Å². The maximum absolute atomic E-state index is 11.7. The van der Waals surface area contributed by atoms with Crippen molar-refractivity contribution in [2.45, 2.75) is 13.5 Å². The Morgan fingerprint density at radius 1 is 1.11 bits per heavy atom. The van der Waals surface area contributed by atoms with Gasteiger partial charge >= 0.3 is 5.97 Å². The summed E-state index contributed by atoms with van der Waals surface area (Å²) >= 11 is 6.24. The Balaban J connectivity index is 1.79. The molecule has 0 bridgehead atoms. The smallest absolute Gasteiger partial charge is 0.337 e. The normalized spacial score (nSPS) is 10.3. The molecule has 0 aliphatic carbocycles. The number of methoxy groups -OCH3 is 1. The molecule has 0 saturated heterocycles. The average molecular weight is 384 g/mol. The lowest BCUT2D eigenvalue weighted by atomic mass is 10.2. The molecule has 7 nitrogen and oxygen atoms in total. The maximum Gasteiger partial charge on any atom is 0.337 e. The van der Waals surface area contributed by atoms with E-state index in [1.54, 1.807) is 43.6 Å². The van der Waals surface area contributed by atoms with Crippen LogP contribution in [0.1, 0.15) is 21.7 Å². The van der Waals surface area contributed by atoms with Crippen LogP contribution in [0, 0.1) is 6.92 Å². The van der Waals surface area contributed by atoms with Crippen LogP contribution in [-0.4, -0.2) is 28.0 Å². The van der Waals surface area contributed by atoms with Gasteiger partial charge < -0.3 is 15.4 Å². The highest BCUT2D eigenvalue weighted by Gasteiger charge is 2.10. The number of esters is 1. The highest BCUT2D eigenvalue weighted by atomic mass is 35.5. The van der Waals surface area contributed by atoms with Crippen LogP contribution in [0.15, 0.2) is 48.8 Å². The lowest BCUT2D eigenvalue weighted by Crippen LogP contribution is -2.06. The van der Waals surface area contributed by atoms with E-state index < -0.39 is 5.97 Å². The molecule has 0 radical (unpaired) electrons. The molecule has 27 heavy (non-hydrogen) atoms. The molecule has 138 valence electrons. The standard InChI is InChI=1S/C19H18ClN5O2/c1-12-23-17(22-11-13-5-7-21-8-6-13)10-18(24-12)25-16-9-14(19(26)27-2)3-4-15(16)20/h3-10H,11H2,1-2H3,(H2,22,23,24,25). The molecule has 0 unspecified atom stereocenters. The van der Waals surface area contributed by atoms with E-state index in [-0.39, 0.29) is 0 Å². The number of ether oxygens (including phenoxy) is 1. The van der Waals surface area contributed by atoms with Crippen LogP contribution in [0.25, 0.3) is 0 Å². The van der Waals surface area contributed by atoms with Gasteiger partial charge in [-0.25, -0.2) is 14.8 Å². The van der Waals surface area contributed by atoms with Crippen molar-refractivity contribution in [1.82, 2.24) is 15.0 Å². The molecule has 2 heterocycles. The number of pyridine rings is 1. The van der Waals surface area contributed by atoms with Gasteiger partial charge in [0.1, 0.15) is 17.5 Å². The molecule has 2 aromatic heterocycles. The Morgan fingerprint density at radius 2 is 1.85 bits per heavy atom. The van der Waals surface area contributed by atoms with Gasteiger partial charge in [-0.2, -0.15) is 0 Å². The minimum Gasteiger partial charge on any atom is -0.465 e. The number of aryl methyl sites for hydroxylation is 1. The summed E-state index contributed by atoms with van der Waals surface area (Å²) in [5.74, 6) is 1.39. The number of aromatic nitrogens is 3. The summed E-state index contributed by atoms with van der Waals surface area (Å²) in [7, 11) is 1.33. The molecule has 0 aliphatic rings. The number of anilines is 3. The van der Waals surface area contributed by atoms with Crippen molar-refractivity contribution in [3.63, 3.8) is 0 Å². The van der Waals surface area contributed by atoms with E-state index in [2.05, 4.69) is 25.6 Å². The molecule has 3 aromatic rings. The number of benzene rings is 1. The molecule has 1 aromatic carbocycles. The van der Waals surface area contributed by atoms with Crippen LogP contribution in [-0.2, 0) is 11.3 Å². The summed E-state index contributed by atoms with van der Waals surface area (Å²) in [6.07, 6.45) is 3.48. The highest BCUT2D eigenvalue weighted by molar-refractivity contribution is 6.33. The first-order chi connectivity index (χ1) is 13.0. The van der Waals surface area contributed by atoms with Gasteiger partial charge in [-0.15, -0.1) is 0 Å². The van der Waals surface area contributed by atoms with Crippen LogP contribution in [0.4, 0.5) is 17.3 Å². The first-order valence-electron chi connectivity index (χ1n) is 8.18. The van der Waals surface area contributed by atoms with Gasteiger partial charge in [0.15, 0.2) is 0 Å². The van der Waals surface area contributed by atoms with E-state index in [1.807, 2.05) is 12.1 Å². The number of rotatable bonds is 6. The summed E-state index contributed by atoms with van der Waals surface area (Å²) < 4.78 is 4.74. The van der Waals surface area contributed by atoms with Crippen molar-refractivity contribution >= 4 is 34.9 Å². The van der Waals surface area contributed by atoms with Gasteiger partial charge in [0.2, 0.25) is 0 Å². The van der Waals surface area contributed by atoms with Crippen molar-refractivity contribution in [3.05, 3.63) is 70.8 Å². The lowest BCUT2D eigenvalue weighted by molar-refractivity contribution is 0.0601. The van der Waals surface area contributed by atoms with Crippen molar-refractivity contribution in [3.8, 4) is 0 Å². The maximum atomic E-state index is 11.7. The Hall–Kier alpha value is -3.19. The Labute approximate surface area is 161 Å². The van der Waals surface area contributed by atoms with Gasteiger partial charge in [0, 0.05) is 25.0 Å². The van der Waals surface area contributed by atoms with E-state index in [9.17, 15) is 4.79 Å². The van der Waals surface area contributed by atoms with Crippen LogP contribution >= 0.6 is 11.6 Å². The minimum atomic E-state index is -0.437. The first kappa shape index (κ1) is 18.6. The summed E-state index contributed by atoms with van der Waals surface area (Å²) in [6, 6.07) is 10.5. The van der Waals surface area contributed by atoms with Crippen LogP contribution in [0.3, 0.4) is 0 Å². The molecule has 0 spiro atoms. The zero-order chi connectivity index (χ0) is 19.2. The zero-order valence-electron chi connectivity index (χ0n) is 14.9. The Morgan fingerprint density at radius 3 is 2.59 bits per heavy atom. The van der Waals surface area contributed by atoms with Crippen molar-refractivity contribution in [2.24, 2.45) is 0 Å². The molecular formula is C19H18ClN5O2. The summed E-state index contributed by atoms with van der Waals surface area (Å²) in [6.45, 7) is 2.41. The van der Waals surface area contributed by atoms with Gasteiger partial charge in [-0.05, 0) is 42.8 Å². The highest BCUT2D eigenvalue weighted by Crippen LogP contribution is 2.27. The van der Waals surface area contributed by atoms with Crippen LogP contribution < -0.4 is 10.6 Å². The number of carbonyl (C=O) groups is 1. The molecule has 8 heteroatoms. The van der Waals surface area contributed by atoms with Gasteiger partial charge in [0.25, 0.3) is 0 Å². The predicted molar refractivity (Wildman–Crippen MR) is 104 cm³/mol. The van der Waals surface area contributed by atoms with E-state index in [4.69, 9.17) is 16.3 Å². The van der Waals surface area contributed by atoms with Gasteiger partial charge in [0.05, 0.1) is 23.4 Å².